The maximum Gasteiger partial charge on any atom is 0.266 e. The number of benzene rings is 1. The molecule has 6 nitrogen and oxygen atoms in total. The molecule has 2 N–H and O–H groups in total. The Bertz CT molecular complexity index is 713. The number of aryl methyl sites for hydroxylation is 1. The Morgan fingerprint density at radius 1 is 1.10 bits per heavy atom. The van der Waals surface area contributed by atoms with E-state index in [-0.39, 0.29) is 4.90 Å². The highest BCUT2D eigenvalue weighted by Crippen LogP contribution is 2.10. The average Bonchev–Trinajstić information content (AvgIpc) is 2.53. The highest BCUT2D eigenvalue weighted by Gasteiger charge is 2.15. The molecule has 7 heteroatoms. The summed E-state index contributed by atoms with van der Waals surface area (Å²) in [5.74, 6) is -0.550. The van der Waals surface area contributed by atoms with Crippen LogP contribution in [0.25, 0.3) is 0 Å². The van der Waals surface area contributed by atoms with Crippen LogP contribution in [0.15, 0.2) is 53.7 Å². The highest BCUT2D eigenvalue weighted by atomic mass is 32.2. The van der Waals surface area contributed by atoms with Crippen LogP contribution in [-0.2, 0) is 16.4 Å². The predicted octanol–water partition coefficient (Wildman–Crippen LogP) is 1.27. The minimum atomic E-state index is -3.79. The van der Waals surface area contributed by atoms with Gasteiger partial charge in [-0.25, -0.2) is 8.42 Å². The second kappa shape index (κ2) is 6.47. The van der Waals surface area contributed by atoms with Gasteiger partial charge in [-0.1, -0.05) is 19.1 Å². The van der Waals surface area contributed by atoms with Crippen LogP contribution >= 0.6 is 0 Å². The van der Waals surface area contributed by atoms with E-state index >= 15 is 0 Å². The average molecular weight is 305 g/mol. The number of carbonyl (C=O) groups is 1. The van der Waals surface area contributed by atoms with E-state index in [9.17, 15) is 13.2 Å². The minimum Gasteiger partial charge on any atom is -0.273 e. The molecule has 0 saturated carbocycles. The Morgan fingerprint density at radius 3 is 2.29 bits per heavy atom. The van der Waals surface area contributed by atoms with Gasteiger partial charge in [0.2, 0.25) is 0 Å². The van der Waals surface area contributed by atoms with Crippen LogP contribution in [0.2, 0.25) is 0 Å². The standard InChI is InChI=1S/C14H15N3O3S/c1-2-11-3-5-13(6-4-11)21(19,20)17-16-14(18)12-7-9-15-10-8-12/h3-10,17H,2H2,1H3,(H,16,18). The fourth-order valence-electron chi connectivity index (χ4n) is 1.65. The summed E-state index contributed by atoms with van der Waals surface area (Å²) in [4.78, 5) is 17.7. The van der Waals surface area contributed by atoms with Crippen LogP contribution in [0.5, 0.6) is 0 Å². The summed E-state index contributed by atoms with van der Waals surface area (Å²) in [6.07, 6.45) is 3.73. The number of carbonyl (C=O) groups excluding carboxylic acids is 1. The van der Waals surface area contributed by atoms with Crippen LogP contribution in [0.1, 0.15) is 22.8 Å². The number of hydrogen-bond acceptors (Lipinski definition) is 4. The van der Waals surface area contributed by atoms with Crippen molar-refractivity contribution in [3.63, 3.8) is 0 Å². The lowest BCUT2D eigenvalue weighted by Crippen LogP contribution is -2.41. The molecule has 110 valence electrons. The molecular weight excluding hydrogens is 290 g/mol. The molecule has 1 amide bonds. The molecule has 2 aromatic rings. The second-order valence-corrected chi connectivity index (χ2v) is 5.98. The van der Waals surface area contributed by atoms with E-state index < -0.39 is 15.9 Å². The molecule has 0 spiro atoms. The second-order valence-electron chi connectivity index (χ2n) is 4.29. The van der Waals surface area contributed by atoms with Crippen molar-refractivity contribution in [1.29, 1.82) is 0 Å². The van der Waals surface area contributed by atoms with Gasteiger partial charge in [-0.3, -0.25) is 15.2 Å². The first kappa shape index (κ1) is 15.1. The number of nitrogens with one attached hydrogen (secondary N) is 2. The largest absolute Gasteiger partial charge is 0.273 e. The Hall–Kier alpha value is -2.25. The SMILES string of the molecule is CCc1ccc(S(=O)(=O)NNC(=O)c2ccncc2)cc1. The zero-order valence-corrected chi connectivity index (χ0v) is 12.2. The van der Waals surface area contributed by atoms with Crippen molar-refractivity contribution in [3.05, 3.63) is 59.9 Å². The molecule has 0 aliphatic rings. The molecule has 21 heavy (non-hydrogen) atoms. The maximum atomic E-state index is 12.0. The third-order valence-corrected chi connectivity index (χ3v) is 4.15. The van der Waals surface area contributed by atoms with Gasteiger partial charge in [0.05, 0.1) is 4.90 Å². The summed E-state index contributed by atoms with van der Waals surface area (Å²) in [5.41, 5.74) is 3.51. The van der Waals surface area contributed by atoms with Crippen LogP contribution in [0.3, 0.4) is 0 Å². The molecule has 0 unspecified atom stereocenters. The Kier molecular flexibility index (Phi) is 4.66. The lowest BCUT2D eigenvalue weighted by molar-refractivity contribution is 0.0945. The molecule has 0 radical (unpaired) electrons. The molecule has 1 aromatic heterocycles. The maximum absolute atomic E-state index is 12.0. The lowest BCUT2D eigenvalue weighted by atomic mass is 10.2. The fraction of sp³-hybridized carbons (Fsp3) is 0.143. The van der Waals surface area contributed by atoms with Gasteiger partial charge in [-0.2, -0.15) is 0 Å². The van der Waals surface area contributed by atoms with Gasteiger partial charge in [-0.15, -0.1) is 4.83 Å². The Balaban J connectivity index is 2.05. The van der Waals surface area contributed by atoms with E-state index in [0.717, 1.165) is 12.0 Å². The zero-order valence-electron chi connectivity index (χ0n) is 11.4. The number of hydrazine groups is 1. The molecule has 0 aliphatic carbocycles. The van der Waals surface area contributed by atoms with Crippen LogP contribution < -0.4 is 10.3 Å². The van der Waals surface area contributed by atoms with Gasteiger partial charge in [0.15, 0.2) is 0 Å². The number of pyridine rings is 1. The van der Waals surface area contributed by atoms with E-state index in [1.807, 2.05) is 6.92 Å². The van der Waals surface area contributed by atoms with Crippen LogP contribution in [-0.4, -0.2) is 19.3 Å². The van der Waals surface area contributed by atoms with E-state index in [2.05, 4.69) is 15.2 Å². The van der Waals surface area contributed by atoms with Crippen molar-refractivity contribution < 1.29 is 13.2 Å². The highest BCUT2D eigenvalue weighted by molar-refractivity contribution is 7.89. The molecule has 0 aliphatic heterocycles. The fourth-order valence-corrected chi connectivity index (χ4v) is 2.49. The topological polar surface area (TPSA) is 88.2 Å². The smallest absolute Gasteiger partial charge is 0.266 e. The molecule has 0 bridgehead atoms. The number of aromatic nitrogens is 1. The molecular formula is C14H15N3O3S. The number of nitrogens with zero attached hydrogens (tertiary/aromatic N) is 1. The summed E-state index contributed by atoms with van der Waals surface area (Å²) in [5, 5.41) is 0. The normalized spacial score (nSPS) is 11.1. The molecule has 1 heterocycles. The van der Waals surface area contributed by atoms with E-state index in [0.29, 0.717) is 5.56 Å². The van der Waals surface area contributed by atoms with Crippen molar-refractivity contribution in [3.8, 4) is 0 Å². The van der Waals surface area contributed by atoms with E-state index in [1.165, 1.54) is 36.7 Å². The van der Waals surface area contributed by atoms with Gasteiger partial charge in [0.1, 0.15) is 0 Å². The molecule has 0 saturated heterocycles. The summed E-state index contributed by atoms with van der Waals surface area (Å²) >= 11 is 0. The molecule has 2 rings (SSSR count). The number of amides is 1. The van der Waals surface area contributed by atoms with E-state index in [1.54, 1.807) is 12.1 Å². The van der Waals surface area contributed by atoms with Crippen molar-refractivity contribution in [2.75, 3.05) is 0 Å². The van der Waals surface area contributed by atoms with Crippen molar-refractivity contribution in [1.82, 2.24) is 15.2 Å². The predicted molar refractivity (Wildman–Crippen MR) is 77.8 cm³/mol. The Labute approximate surface area is 123 Å². The van der Waals surface area contributed by atoms with Crippen molar-refractivity contribution >= 4 is 15.9 Å². The summed E-state index contributed by atoms with van der Waals surface area (Å²) in [6, 6.07) is 9.44. The first-order valence-corrected chi connectivity index (χ1v) is 7.82. The molecule has 1 aromatic carbocycles. The monoisotopic (exact) mass is 305 g/mol. The van der Waals surface area contributed by atoms with Gasteiger partial charge in [-0.05, 0) is 36.2 Å². The van der Waals surface area contributed by atoms with Crippen LogP contribution in [0.4, 0.5) is 0 Å². The first-order chi connectivity index (χ1) is 10.0. The third kappa shape index (κ3) is 3.87. The quantitative estimate of drug-likeness (QED) is 0.814. The van der Waals surface area contributed by atoms with Gasteiger partial charge >= 0.3 is 0 Å². The summed E-state index contributed by atoms with van der Waals surface area (Å²) < 4.78 is 24.1. The third-order valence-electron chi connectivity index (χ3n) is 2.88. The van der Waals surface area contributed by atoms with Gasteiger partial charge in [0.25, 0.3) is 15.9 Å². The number of sulfonamides is 1. The molecule has 0 fully saturated rings. The first-order valence-electron chi connectivity index (χ1n) is 6.34. The van der Waals surface area contributed by atoms with E-state index in [4.69, 9.17) is 0 Å². The number of hydrogen-bond donors (Lipinski definition) is 2. The van der Waals surface area contributed by atoms with Crippen molar-refractivity contribution in [2.24, 2.45) is 0 Å². The van der Waals surface area contributed by atoms with Crippen LogP contribution in [0, 0.1) is 0 Å². The number of rotatable bonds is 5. The Morgan fingerprint density at radius 2 is 1.71 bits per heavy atom. The lowest BCUT2D eigenvalue weighted by Gasteiger charge is -2.08. The minimum absolute atomic E-state index is 0.0923. The van der Waals surface area contributed by atoms with Crippen molar-refractivity contribution in [2.45, 2.75) is 18.2 Å². The zero-order chi connectivity index (χ0) is 15.3. The van der Waals surface area contributed by atoms with Gasteiger partial charge < -0.3 is 0 Å². The molecule has 0 atom stereocenters. The summed E-state index contributed by atoms with van der Waals surface area (Å²) in [6.45, 7) is 1.98. The van der Waals surface area contributed by atoms with Gasteiger partial charge in [0, 0.05) is 18.0 Å². The summed E-state index contributed by atoms with van der Waals surface area (Å²) in [7, 11) is -3.79.